The van der Waals surface area contributed by atoms with Gasteiger partial charge in [-0.25, -0.2) is 0 Å². The molecule has 3 heterocycles. The first kappa shape index (κ1) is 13.7. The number of anilines is 1. The lowest BCUT2D eigenvalue weighted by atomic mass is 9.97. The number of aromatic nitrogens is 5. The number of hydrogen-bond acceptors (Lipinski definition) is 7. The maximum Gasteiger partial charge on any atom is 0.224 e. The molecular weight excluding hydrogens is 272 g/mol. The van der Waals surface area contributed by atoms with Crippen LogP contribution in [0.2, 0.25) is 0 Å². The molecular formula is C12H18N8O. The molecule has 112 valence electrons. The highest BCUT2D eigenvalue weighted by Gasteiger charge is 2.26. The Morgan fingerprint density at radius 2 is 2.38 bits per heavy atom. The molecule has 0 aliphatic carbocycles. The zero-order chi connectivity index (χ0) is 14.7. The van der Waals surface area contributed by atoms with E-state index in [2.05, 4.69) is 30.8 Å². The highest BCUT2D eigenvalue weighted by molar-refractivity contribution is 5.79. The van der Waals surface area contributed by atoms with Crippen molar-refractivity contribution in [3.05, 3.63) is 12.1 Å². The number of rotatable bonds is 4. The number of nitrogens with one attached hydrogen (secondary N) is 1. The molecule has 9 heteroatoms. The molecule has 1 atom stereocenters. The summed E-state index contributed by atoms with van der Waals surface area (Å²) in [5, 5.41) is 18.4. The van der Waals surface area contributed by atoms with Crippen LogP contribution >= 0.6 is 0 Å². The minimum atomic E-state index is -0.0309. The monoisotopic (exact) mass is 290 g/mol. The van der Waals surface area contributed by atoms with E-state index in [-0.39, 0.29) is 11.8 Å². The van der Waals surface area contributed by atoms with Crippen LogP contribution in [0.3, 0.4) is 0 Å². The van der Waals surface area contributed by atoms with E-state index in [1.807, 2.05) is 12.1 Å². The van der Waals surface area contributed by atoms with E-state index in [1.54, 1.807) is 0 Å². The topological polar surface area (TPSA) is 114 Å². The molecule has 2 aromatic rings. The minimum absolute atomic E-state index is 0.0309. The Labute approximate surface area is 121 Å². The maximum absolute atomic E-state index is 12.1. The van der Waals surface area contributed by atoms with Gasteiger partial charge in [0.25, 0.3) is 0 Å². The second kappa shape index (κ2) is 6.00. The number of tetrazole rings is 1. The number of nitrogens with two attached hydrogens (primary N) is 1. The summed E-state index contributed by atoms with van der Waals surface area (Å²) in [5.74, 6) is 0.816. The van der Waals surface area contributed by atoms with Gasteiger partial charge in [-0.1, -0.05) is 0 Å². The second-order valence-electron chi connectivity index (χ2n) is 5.08. The molecule has 9 nitrogen and oxygen atoms in total. The molecule has 0 bridgehead atoms. The molecule has 1 fully saturated rings. The zero-order valence-corrected chi connectivity index (χ0v) is 11.6. The van der Waals surface area contributed by atoms with Gasteiger partial charge in [-0.05, 0) is 35.4 Å². The van der Waals surface area contributed by atoms with E-state index >= 15 is 0 Å². The van der Waals surface area contributed by atoms with Gasteiger partial charge in [0.2, 0.25) is 5.91 Å². The Balaban J connectivity index is 1.71. The molecule has 0 aromatic carbocycles. The van der Waals surface area contributed by atoms with Crippen LogP contribution in [0.15, 0.2) is 12.1 Å². The summed E-state index contributed by atoms with van der Waals surface area (Å²) in [7, 11) is 0. The summed E-state index contributed by atoms with van der Waals surface area (Å²) in [6.07, 6.45) is 1.84. The van der Waals surface area contributed by atoms with E-state index in [4.69, 9.17) is 5.73 Å². The van der Waals surface area contributed by atoms with E-state index in [0.29, 0.717) is 25.3 Å². The van der Waals surface area contributed by atoms with Crippen molar-refractivity contribution in [1.82, 2.24) is 30.6 Å². The number of hydrogen-bond donors (Lipinski definition) is 2. The number of fused-ring (bicyclic) bond motifs is 1. The van der Waals surface area contributed by atoms with Crippen LogP contribution < -0.4 is 16.0 Å². The SMILES string of the molecule is NCCNC(=O)C1CCCN(c2ccc3nnnn3n2)C1. The molecule has 3 rings (SSSR count). The molecule has 1 unspecified atom stereocenters. The largest absolute Gasteiger partial charge is 0.355 e. The average molecular weight is 290 g/mol. The van der Waals surface area contributed by atoms with Crippen molar-refractivity contribution in [3.63, 3.8) is 0 Å². The van der Waals surface area contributed by atoms with E-state index in [0.717, 1.165) is 25.2 Å². The maximum atomic E-state index is 12.1. The van der Waals surface area contributed by atoms with Gasteiger partial charge >= 0.3 is 0 Å². The van der Waals surface area contributed by atoms with Gasteiger partial charge in [0.05, 0.1) is 5.92 Å². The molecule has 3 N–H and O–H groups in total. The van der Waals surface area contributed by atoms with Crippen LogP contribution in [0.1, 0.15) is 12.8 Å². The van der Waals surface area contributed by atoms with E-state index in [1.165, 1.54) is 4.63 Å². The summed E-state index contributed by atoms with van der Waals surface area (Å²) in [5.41, 5.74) is 6.02. The van der Waals surface area contributed by atoms with Crippen molar-refractivity contribution >= 4 is 17.4 Å². The van der Waals surface area contributed by atoms with Crippen molar-refractivity contribution < 1.29 is 4.79 Å². The first-order valence-electron chi connectivity index (χ1n) is 7.06. The van der Waals surface area contributed by atoms with Gasteiger partial charge < -0.3 is 16.0 Å². The summed E-state index contributed by atoms with van der Waals surface area (Å²) in [6.45, 7) is 2.50. The van der Waals surface area contributed by atoms with Crippen LogP contribution in [0.25, 0.3) is 5.65 Å². The van der Waals surface area contributed by atoms with Gasteiger partial charge in [0.15, 0.2) is 11.5 Å². The Kier molecular flexibility index (Phi) is 3.91. The van der Waals surface area contributed by atoms with Crippen molar-refractivity contribution in [2.24, 2.45) is 11.7 Å². The van der Waals surface area contributed by atoms with Gasteiger partial charge in [0.1, 0.15) is 0 Å². The first-order valence-corrected chi connectivity index (χ1v) is 7.06. The van der Waals surface area contributed by atoms with Crippen LogP contribution in [-0.4, -0.2) is 57.3 Å². The lowest BCUT2D eigenvalue weighted by Crippen LogP contribution is -2.44. The molecule has 0 radical (unpaired) electrons. The van der Waals surface area contributed by atoms with Gasteiger partial charge in [0, 0.05) is 26.2 Å². The molecule has 1 aliphatic rings. The van der Waals surface area contributed by atoms with Gasteiger partial charge in [-0.2, -0.15) is 0 Å². The third-order valence-corrected chi connectivity index (χ3v) is 3.62. The summed E-state index contributed by atoms with van der Waals surface area (Å²) >= 11 is 0. The van der Waals surface area contributed by atoms with E-state index in [9.17, 15) is 4.79 Å². The molecule has 0 saturated carbocycles. The summed E-state index contributed by atoms with van der Waals surface area (Å²) in [4.78, 5) is 14.1. The van der Waals surface area contributed by atoms with Crippen LogP contribution in [0.5, 0.6) is 0 Å². The smallest absolute Gasteiger partial charge is 0.224 e. The molecule has 1 aliphatic heterocycles. The third-order valence-electron chi connectivity index (χ3n) is 3.62. The normalized spacial score (nSPS) is 18.9. The number of carbonyl (C=O) groups excluding carboxylic acids is 1. The lowest BCUT2D eigenvalue weighted by Gasteiger charge is -2.32. The fourth-order valence-corrected chi connectivity index (χ4v) is 2.55. The van der Waals surface area contributed by atoms with Gasteiger partial charge in [-0.3, -0.25) is 4.79 Å². The minimum Gasteiger partial charge on any atom is -0.355 e. The highest BCUT2D eigenvalue weighted by atomic mass is 16.1. The number of carbonyl (C=O) groups is 1. The third kappa shape index (κ3) is 2.92. The number of amides is 1. The van der Waals surface area contributed by atoms with Crippen molar-refractivity contribution in [2.45, 2.75) is 12.8 Å². The van der Waals surface area contributed by atoms with Crippen molar-refractivity contribution in [1.29, 1.82) is 0 Å². The van der Waals surface area contributed by atoms with Crippen LogP contribution in [0.4, 0.5) is 5.82 Å². The molecule has 1 saturated heterocycles. The summed E-state index contributed by atoms with van der Waals surface area (Å²) in [6, 6.07) is 3.70. The molecule has 2 aromatic heterocycles. The predicted molar refractivity (Wildman–Crippen MR) is 75.6 cm³/mol. The average Bonchev–Trinajstić information content (AvgIpc) is 3.00. The summed E-state index contributed by atoms with van der Waals surface area (Å²) < 4.78 is 1.40. The van der Waals surface area contributed by atoms with Crippen LogP contribution in [0, 0.1) is 5.92 Å². The van der Waals surface area contributed by atoms with E-state index < -0.39 is 0 Å². The Morgan fingerprint density at radius 3 is 3.24 bits per heavy atom. The Hall–Kier alpha value is -2.29. The fraction of sp³-hybridized carbons (Fsp3) is 0.583. The predicted octanol–water partition coefficient (Wildman–Crippen LogP) is -1.19. The van der Waals surface area contributed by atoms with Gasteiger partial charge in [-0.15, -0.1) is 14.8 Å². The Morgan fingerprint density at radius 1 is 1.48 bits per heavy atom. The number of nitrogens with zero attached hydrogens (tertiary/aromatic N) is 6. The molecule has 21 heavy (non-hydrogen) atoms. The first-order chi connectivity index (χ1) is 10.3. The lowest BCUT2D eigenvalue weighted by molar-refractivity contribution is -0.125. The Bertz CT molecular complexity index is 626. The number of piperidine rings is 1. The second-order valence-corrected chi connectivity index (χ2v) is 5.08. The van der Waals surface area contributed by atoms with Crippen LogP contribution in [-0.2, 0) is 4.79 Å². The van der Waals surface area contributed by atoms with Crippen molar-refractivity contribution in [2.75, 3.05) is 31.1 Å². The van der Waals surface area contributed by atoms with Crippen molar-refractivity contribution in [3.8, 4) is 0 Å². The molecule has 1 amide bonds. The zero-order valence-electron chi connectivity index (χ0n) is 11.6. The highest BCUT2D eigenvalue weighted by Crippen LogP contribution is 2.21. The molecule has 0 spiro atoms. The fourth-order valence-electron chi connectivity index (χ4n) is 2.55. The quantitative estimate of drug-likeness (QED) is 0.727. The standard InChI is InChI=1S/C12H18N8O/c13-5-6-14-12(21)9-2-1-7-19(8-9)11-4-3-10-15-17-18-20(10)16-11/h3-4,9H,1-2,5-8,13H2,(H,14,21).